The molecule has 0 radical (unpaired) electrons. The average molecular weight is 417 g/mol. The number of likely N-dealkylation sites (N-methyl/N-ethyl adjacent to an activating group) is 1. The Morgan fingerprint density at radius 1 is 1.20 bits per heavy atom. The van der Waals surface area contributed by atoms with Crippen LogP contribution in [0.1, 0.15) is 23.7 Å². The van der Waals surface area contributed by atoms with Crippen molar-refractivity contribution in [3.63, 3.8) is 0 Å². The number of hydrogen-bond acceptors (Lipinski definition) is 4. The highest BCUT2D eigenvalue weighted by Crippen LogP contribution is 2.38. The van der Waals surface area contributed by atoms with Gasteiger partial charge in [-0.2, -0.15) is 0 Å². The Morgan fingerprint density at radius 2 is 2.07 bits per heavy atom. The van der Waals surface area contributed by atoms with Crippen molar-refractivity contribution in [3.8, 4) is 16.8 Å². The van der Waals surface area contributed by atoms with E-state index in [2.05, 4.69) is 62.7 Å². The Labute approximate surface area is 180 Å². The molecule has 4 heterocycles. The summed E-state index contributed by atoms with van der Waals surface area (Å²) in [6.07, 6.45) is 2.88. The Bertz CT molecular complexity index is 1250. The van der Waals surface area contributed by atoms with E-state index in [1.807, 2.05) is 18.3 Å². The first-order valence-corrected chi connectivity index (χ1v) is 11.1. The van der Waals surface area contributed by atoms with Crippen molar-refractivity contribution in [3.05, 3.63) is 64.1 Å². The third-order valence-electron chi connectivity index (χ3n) is 5.76. The summed E-state index contributed by atoms with van der Waals surface area (Å²) in [5, 5.41) is 8.51. The Kier molecular flexibility index (Phi) is 4.68. The summed E-state index contributed by atoms with van der Waals surface area (Å²) in [6, 6.07) is 10.7. The second-order valence-electron chi connectivity index (χ2n) is 8.05. The molecule has 0 saturated carbocycles. The number of nitrogens with zero attached hydrogens (tertiary/aromatic N) is 3. The van der Waals surface area contributed by atoms with E-state index in [4.69, 9.17) is 0 Å². The molecule has 0 saturated heterocycles. The van der Waals surface area contributed by atoms with Crippen molar-refractivity contribution in [2.45, 2.75) is 26.8 Å². The molecule has 0 fully saturated rings. The van der Waals surface area contributed by atoms with E-state index in [1.165, 1.54) is 45.9 Å². The van der Waals surface area contributed by atoms with Gasteiger partial charge < -0.3 is 14.8 Å². The largest absolute Gasteiger partial charge is 0.312 e. The van der Waals surface area contributed by atoms with Crippen LogP contribution < -0.4 is 5.32 Å². The molecule has 0 spiro atoms. The molecule has 0 atom stereocenters. The van der Waals surface area contributed by atoms with E-state index in [0.717, 1.165) is 25.1 Å². The van der Waals surface area contributed by atoms with Crippen molar-refractivity contribution in [2.24, 2.45) is 0 Å². The SMILES string of the molecule is CC(=O)Nc1ccc(-c2cscc2-n2c3c(c4cc(C)ccc42)CN(C)CC3)cn1. The van der Waals surface area contributed by atoms with Gasteiger partial charge in [-0.3, -0.25) is 4.79 Å². The molecule has 3 aromatic heterocycles. The van der Waals surface area contributed by atoms with Gasteiger partial charge in [-0.25, -0.2) is 4.98 Å². The van der Waals surface area contributed by atoms with Gasteiger partial charge in [0.2, 0.25) is 5.91 Å². The van der Waals surface area contributed by atoms with E-state index in [9.17, 15) is 4.79 Å². The molecular formula is C24H24N4OS. The van der Waals surface area contributed by atoms with Gasteiger partial charge in [0.05, 0.1) is 11.2 Å². The first kappa shape index (κ1) is 19.0. The number of anilines is 1. The lowest BCUT2D eigenvalue weighted by atomic mass is 10.0. The van der Waals surface area contributed by atoms with E-state index in [1.54, 1.807) is 11.3 Å². The van der Waals surface area contributed by atoms with E-state index < -0.39 is 0 Å². The molecule has 4 aromatic rings. The number of benzene rings is 1. The highest BCUT2D eigenvalue weighted by atomic mass is 32.1. The van der Waals surface area contributed by atoms with Crippen molar-refractivity contribution in [1.29, 1.82) is 0 Å². The maximum Gasteiger partial charge on any atom is 0.222 e. The molecule has 5 nitrogen and oxygen atoms in total. The number of hydrogen-bond donors (Lipinski definition) is 1. The van der Waals surface area contributed by atoms with Gasteiger partial charge in [0.15, 0.2) is 0 Å². The average Bonchev–Trinajstić information content (AvgIpc) is 3.30. The molecule has 152 valence electrons. The Balaban J connectivity index is 1.66. The third-order valence-corrected chi connectivity index (χ3v) is 6.49. The van der Waals surface area contributed by atoms with Crippen LogP contribution in [0.25, 0.3) is 27.7 Å². The number of aryl methyl sites for hydroxylation is 1. The van der Waals surface area contributed by atoms with Crippen molar-refractivity contribution in [1.82, 2.24) is 14.5 Å². The minimum absolute atomic E-state index is 0.114. The summed E-state index contributed by atoms with van der Waals surface area (Å²) in [5.41, 5.74) is 8.84. The number of carbonyl (C=O) groups excluding carboxylic acids is 1. The summed E-state index contributed by atoms with van der Waals surface area (Å²) in [7, 11) is 2.19. The number of thiophene rings is 1. The molecular weight excluding hydrogens is 392 g/mol. The van der Waals surface area contributed by atoms with Crippen LogP contribution in [0.2, 0.25) is 0 Å². The summed E-state index contributed by atoms with van der Waals surface area (Å²) >= 11 is 1.71. The minimum Gasteiger partial charge on any atom is -0.312 e. The van der Waals surface area contributed by atoms with Gasteiger partial charge in [-0.15, -0.1) is 11.3 Å². The first-order chi connectivity index (χ1) is 14.5. The lowest BCUT2D eigenvalue weighted by Crippen LogP contribution is -2.27. The number of amides is 1. The zero-order valence-corrected chi connectivity index (χ0v) is 18.2. The molecule has 30 heavy (non-hydrogen) atoms. The zero-order valence-electron chi connectivity index (χ0n) is 17.4. The lowest BCUT2D eigenvalue weighted by Gasteiger charge is -2.24. The highest BCUT2D eigenvalue weighted by Gasteiger charge is 2.24. The topological polar surface area (TPSA) is 50.2 Å². The fourth-order valence-electron chi connectivity index (χ4n) is 4.37. The second-order valence-corrected chi connectivity index (χ2v) is 8.80. The quantitative estimate of drug-likeness (QED) is 0.511. The predicted octanol–water partition coefficient (Wildman–Crippen LogP) is 5.01. The summed E-state index contributed by atoms with van der Waals surface area (Å²) < 4.78 is 2.45. The van der Waals surface area contributed by atoms with Crippen LogP contribution >= 0.6 is 11.3 Å². The van der Waals surface area contributed by atoms with Crippen LogP contribution in [-0.4, -0.2) is 34.0 Å². The normalized spacial score (nSPS) is 14.1. The van der Waals surface area contributed by atoms with Crippen molar-refractivity contribution >= 4 is 34.0 Å². The van der Waals surface area contributed by atoms with Gasteiger partial charge in [-0.05, 0) is 43.8 Å². The van der Waals surface area contributed by atoms with Gasteiger partial charge >= 0.3 is 0 Å². The van der Waals surface area contributed by atoms with Crippen LogP contribution in [0.3, 0.4) is 0 Å². The minimum atomic E-state index is -0.114. The number of aromatic nitrogens is 2. The van der Waals surface area contributed by atoms with Gasteiger partial charge in [0.25, 0.3) is 0 Å². The number of pyridine rings is 1. The monoisotopic (exact) mass is 416 g/mol. The predicted molar refractivity (Wildman–Crippen MR) is 123 cm³/mol. The molecule has 1 aliphatic rings. The fraction of sp³-hybridized carbons (Fsp3) is 0.250. The van der Waals surface area contributed by atoms with E-state index in [-0.39, 0.29) is 5.91 Å². The van der Waals surface area contributed by atoms with Crippen LogP contribution in [0, 0.1) is 6.92 Å². The fourth-order valence-corrected chi connectivity index (χ4v) is 5.19. The zero-order chi connectivity index (χ0) is 20.8. The Morgan fingerprint density at radius 3 is 2.83 bits per heavy atom. The smallest absolute Gasteiger partial charge is 0.222 e. The highest BCUT2D eigenvalue weighted by molar-refractivity contribution is 7.08. The molecule has 1 aliphatic heterocycles. The maximum atomic E-state index is 11.3. The van der Waals surface area contributed by atoms with Gasteiger partial charge in [-0.1, -0.05) is 11.6 Å². The molecule has 6 heteroatoms. The first-order valence-electron chi connectivity index (χ1n) is 10.1. The standard InChI is InChI=1S/C24H24N4OS/c1-15-4-6-21-18(10-15)19-12-27(3)9-8-22(19)28(21)23-14-30-13-20(23)17-5-7-24(25-11-17)26-16(2)29/h4-7,10-11,13-14H,8-9,12H2,1-3H3,(H,25,26,29). The summed E-state index contributed by atoms with van der Waals surface area (Å²) in [5.74, 6) is 0.461. The molecule has 0 unspecified atom stereocenters. The van der Waals surface area contributed by atoms with Gasteiger partial charge in [0.1, 0.15) is 5.82 Å². The van der Waals surface area contributed by atoms with Crippen molar-refractivity contribution in [2.75, 3.05) is 18.9 Å². The summed E-state index contributed by atoms with van der Waals surface area (Å²) in [4.78, 5) is 18.1. The van der Waals surface area contributed by atoms with Crippen LogP contribution in [0.15, 0.2) is 47.3 Å². The summed E-state index contributed by atoms with van der Waals surface area (Å²) in [6.45, 7) is 5.70. The van der Waals surface area contributed by atoms with Crippen LogP contribution in [-0.2, 0) is 17.8 Å². The third kappa shape index (κ3) is 3.22. The Hall–Kier alpha value is -2.96. The molecule has 0 aliphatic carbocycles. The maximum absolute atomic E-state index is 11.3. The molecule has 5 rings (SSSR count). The van der Waals surface area contributed by atoms with E-state index in [0.29, 0.717) is 5.82 Å². The lowest BCUT2D eigenvalue weighted by molar-refractivity contribution is -0.114. The van der Waals surface area contributed by atoms with Crippen LogP contribution in [0.4, 0.5) is 5.82 Å². The van der Waals surface area contributed by atoms with Gasteiger partial charge in [0, 0.05) is 65.6 Å². The molecule has 1 N–H and O–H groups in total. The number of nitrogens with one attached hydrogen (secondary N) is 1. The van der Waals surface area contributed by atoms with Crippen molar-refractivity contribution < 1.29 is 4.79 Å². The second kappa shape index (κ2) is 7.38. The number of rotatable bonds is 3. The van der Waals surface area contributed by atoms with E-state index >= 15 is 0 Å². The van der Waals surface area contributed by atoms with Crippen LogP contribution in [0.5, 0.6) is 0 Å². The molecule has 0 bridgehead atoms. The molecule has 1 aromatic carbocycles. The number of carbonyl (C=O) groups is 1. The molecule has 1 amide bonds. The number of fused-ring (bicyclic) bond motifs is 3.